The van der Waals surface area contributed by atoms with E-state index in [4.69, 9.17) is 4.74 Å². The van der Waals surface area contributed by atoms with Crippen LogP contribution in [0.4, 0.5) is 5.69 Å². The van der Waals surface area contributed by atoms with Crippen LogP contribution in [0.1, 0.15) is 35.1 Å². The number of benzene rings is 4. The lowest BCUT2D eigenvalue weighted by atomic mass is 9.95. The van der Waals surface area contributed by atoms with Crippen molar-refractivity contribution in [2.24, 2.45) is 0 Å². The van der Waals surface area contributed by atoms with Gasteiger partial charge in [-0.15, -0.1) is 5.73 Å². The first-order chi connectivity index (χ1) is 18.0. The molecule has 0 unspecified atom stereocenters. The Hall–Kier alpha value is -4.05. The van der Waals surface area contributed by atoms with E-state index in [1.54, 1.807) is 19.2 Å². The molecule has 0 N–H and O–H groups in total. The van der Waals surface area contributed by atoms with Crippen LogP contribution >= 0.6 is 0 Å². The van der Waals surface area contributed by atoms with Crippen LogP contribution in [0, 0.1) is 6.92 Å². The molecular weight excluding hydrogens is 478 g/mol. The van der Waals surface area contributed by atoms with Crippen LogP contribution in [0.3, 0.4) is 0 Å². The predicted molar refractivity (Wildman–Crippen MR) is 150 cm³/mol. The van der Waals surface area contributed by atoms with E-state index >= 15 is 0 Å². The van der Waals surface area contributed by atoms with Gasteiger partial charge < -0.3 is 4.74 Å². The highest BCUT2D eigenvalue weighted by atomic mass is 32.2. The molecule has 0 aliphatic carbocycles. The summed E-state index contributed by atoms with van der Waals surface area (Å²) in [6.07, 6.45) is 1.36. The third-order valence-electron chi connectivity index (χ3n) is 6.60. The van der Waals surface area contributed by atoms with E-state index in [9.17, 15) is 8.42 Å². The molecule has 0 spiro atoms. The Morgan fingerprint density at radius 1 is 0.838 bits per heavy atom. The van der Waals surface area contributed by atoms with Crippen LogP contribution in [0.2, 0.25) is 0 Å². The first-order valence-corrected chi connectivity index (χ1v) is 13.8. The van der Waals surface area contributed by atoms with Crippen LogP contribution in [-0.4, -0.2) is 22.1 Å². The van der Waals surface area contributed by atoms with Crippen LogP contribution in [0.25, 0.3) is 11.1 Å². The Kier molecular flexibility index (Phi) is 7.00. The molecule has 37 heavy (non-hydrogen) atoms. The van der Waals surface area contributed by atoms with Crippen molar-refractivity contribution in [1.29, 1.82) is 0 Å². The van der Waals surface area contributed by atoms with E-state index in [1.165, 1.54) is 4.31 Å². The van der Waals surface area contributed by atoms with E-state index in [1.807, 2.05) is 73.7 Å². The third kappa shape index (κ3) is 5.10. The standard InChI is InChI=1S/C32H29NO3S/c1-24-15-18-29(19-16-24)37(34,35)33-21-9-14-27(30-20-17-28(36-2)23-32(30)33)22-31(25-10-5-3-6-11-25)26-12-7-4-8-13-26/h3-8,10-13,15-20,23H,9,14,21H2,1-2H3. The number of hydrogen-bond acceptors (Lipinski definition) is 3. The van der Waals surface area contributed by atoms with Gasteiger partial charge in [-0.25, -0.2) is 8.42 Å². The Bertz CT molecular complexity index is 1530. The molecule has 0 radical (unpaired) electrons. The lowest BCUT2D eigenvalue weighted by Gasteiger charge is -2.25. The van der Waals surface area contributed by atoms with Crippen molar-refractivity contribution in [3.63, 3.8) is 0 Å². The van der Waals surface area contributed by atoms with Crippen molar-refractivity contribution < 1.29 is 13.2 Å². The summed E-state index contributed by atoms with van der Waals surface area (Å²) in [6, 6.07) is 33.1. The van der Waals surface area contributed by atoms with E-state index in [0.717, 1.165) is 33.4 Å². The van der Waals surface area contributed by atoms with E-state index in [-0.39, 0.29) is 4.90 Å². The zero-order valence-corrected chi connectivity index (χ0v) is 21.8. The largest absolute Gasteiger partial charge is 0.497 e. The molecule has 1 aliphatic rings. The number of ether oxygens (including phenoxy) is 1. The van der Waals surface area contributed by atoms with Gasteiger partial charge in [0.15, 0.2) is 0 Å². The van der Waals surface area contributed by atoms with Gasteiger partial charge in [0.2, 0.25) is 0 Å². The van der Waals surface area contributed by atoms with Gasteiger partial charge >= 0.3 is 0 Å². The molecule has 4 aromatic rings. The average Bonchev–Trinajstić information content (AvgIpc) is 3.12. The summed E-state index contributed by atoms with van der Waals surface area (Å²) in [6.45, 7) is 2.32. The molecule has 5 heteroatoms. The number of allylic oxidation sites excluding steroid dienone is 1. The van der Waals surface area contributed by atoms with Crippen molar-refractivity contribution in [2.45, 2.75) is 24.7 Å². The summed E-state index contributed by atoms with van der Waals surface area (Å²) in [5.41, 5.74) is 10.3. The SMILES string of the molecule is COc1ccc2c(c1)N(S(=O)(=O)c1ccc(C)cc1)CCCC2=C=C(c1ccccc1)c1ccccc1. The normalized spacial score (nSPS) is 13.4. The zero-order valence-electron chi connectivity index (χ0n) is 21.0. The molecule has 0 fully saturated rings. The first-order valence-electron chi connectivity index (χ1n) is 12.4. The second kappa shape index (κ2) is 10.5. The molecule has 4 aromatic carbocycles. The van der Waals surface area contributed by atoms with E-state index < -0.39 is 10.0 Å². The lowest BCUT2D eigenvalue weighted by molar-refractivity contribution is 0.415. The highest BCUT2D eigenvalue weighted by Gasteiger charge is 2.30. The van der Waals surface area contributed by atoms with Gasteiger partial charge in [-0.1, -0.05) is 78.4 Å². The maximum atomic E-state index is 13.8. The highest BCUT2D eigenvalue weighted by Crippen LogP contribution is 2.39. The van der Waals surface area contributed by atoms with Crippen molar-refractivity contribution >= 4 is 26.9 Å². The molecule has 0 atom stereocenters. The van der Waals surface area contributed by atoms with Crippen molar-refractivity contribution in [3.05, 3.63) is 131 Å². The minimum atomic E-state index is -3.77. The van der Waals surface area contributed by atoms with Crippen LogP contribution in [-0.2, 0) is 10.0 Å². The van der Waals surface area contributed by atoms with Crippen molar-refractivity contribution in [3.8, 4) is 5.75 Å². The number of fused-ring (bicyclic) bond motifs is 1. The van der Waals surface area contributed by atoms with Crippen LogP contribution < -0.4 is 9.04 Å². The average molecular weight is 508 g/mol. The Morgan fingerprint density at radius 2 is 1.46 bits per heavy atom. The molecule has 0 saturated carbocycles. The fourth-order valence-electron chi connectivity index (χ4n) is 4.64. The maximum Gasteiger partial charge on any atom is 0.264 e. The fraction of sp³-hybridized carbons (Fsp3) is 0.156. The number of nitrogens with zero attached hydrogens (tertiary/aromatic N) is 1. The highest BCUT2D eigenvalue weighted by molar-refractivity contribution is 7.92. The Balaban J connectivity index is 1.74. The van der Waals surface area contributed by atoms with Gasteiger partial charge in [-0.3, -0.25) is 4.31 Å². The summed E-state index contributed by atoms with van der Waals surface area (Å²) in [7, 11) is -2.17. The van der Waals surface area contributed by atoms with Crippen LogP contribution in [0.15, 0.2) is 114 Å². The number of methoxy groups -OCH3 is 1. The second-order valence-electron chi connectivity index (χ2n) is 9.09. The minimum absolute atomic E-state index is 0.282. The van der Waals surface area contributed by atoms with E-state index in [2.05, 4.69) is 30.0 Å². The summed E-state index contributed by atoms with van der Waals surface area (Å²) >= 11 is 0. The number of sulfonamides is 1. The second-order valence-corrected chi connectivity index (χ2v) is 10.9. The summed E-state index contributed by atoms with van der Waals surface area (Å²) in [4.78, 5) is 0.282. The smallest absolute Gasteiger partial charge is 0.264 e. The number of anilines is 1. The molecular formula is C32H29NO3S. The molecule has 0 amide bonds. The Morgan fingerprint density at radius 3 is 2.05 bits per heavy atom. The van der Waals surface area contributed by atoms with Gasteiger partial charge in [-0.2, -0.15) is 0 Å². The molecule has 0 saturated heterocycles. The molecule has 1 heterocycles. The van der Waals surface area contributed by atoms with Crippen LogP contribution in [0.5, 0.6) is 5.75 Å². The third-order valence-corrected chi connectivity index (χ3v) is 8.42. The molecule has 186 valence electrons. The fourth-order valence-corrected chi connectivity index (χ4v) is 6.16. The van der Waals surface area contributed by atoms with E-state index in [0.29, 0.717) is 30.8 Å². The monoisotopic (exact) mass is 507 g/mol. The topological polar surface area (TPSA) is 46.6 Å². The zero-order chi connectivity index (χ0) is 25.8. The summed E-state index contributed by atoms with van der Waals surface area (Å²) < 4.78 is 34.7. The Labute approximate surface area is 219 Å². The molecule has 4 nitrogen and oxygen atoms in total. The maximum absolute atomic E-state index is 13.8. The number of hydrogen-bond donors (Lipinski definition) is 0. The predicted octanol–water partition coefficient (Wildman–Crippen LogP) is 7.11. The molecule has 0 bridgehead atoms. The number of rotatable bonds is 5. The minimum Gasteiger partial charge on any atom is -0.497 e. The molecule has 5 rings (SSSR count). The first kappa shape index (κ1) is 24.6. The lowest BCUT2D eigenvalue weighted by Crippen LogP contribution is -2.31. The molecule has 0 aromatic heterocycles. The molecule has 1 aliphatic heterocycles. The van der Waals surface area contributed by atoms with Gasteiger partial charge in [0.05, 0.1) is 17.7 Å². The van der Waals surface area contributed by atoms with Crippen molar-refractivity contribution in [1.82, 2.24) is 0 Å². The van der Waals surface area contributed by atoms with Gasteiger partial charge in [-0.05, 0) is 55.2 Å². The quantitative estimate of drug-likeness (QED) is 0.271. The number of aryl methyl sites for hydroxylation is 1. The van der Waals surface area contributed by atoms with Crippen molar-refractivity contribution in [2.75, 3.05) is 18.0 Å². The summed E-state index contributed by atoms with van der Waals surface area (Å²) in [5.74, 6) is 0.611. The van der Waals surface area contributed by atoms with Gasteiger partial charge in [0.25, 0.3) is 10.0 Å². The summed E-state index contributed by atoms with van der Waals surface area (Å²) in [5, 5.41) is 0. The van der Waals surface area contributed by atoms with Gasteiger partial charge in [0, 0.05) is 29.3 Å². The van der Waals surface area contributed by atoms with Gasteiger partial charge in [0.1, 0.15) is 5.75 Å².